The first-order valence-corrected chi connectivity index (χ1v) is 19.7. The number of benzene rings is 4. The van der Waals surface area contributed by atoms with Crippen LogP contribution >= 0.6 is 0 Å². The summed E-state index contributed by atoms with van der Waals surface area (Å²) in [7, 11) is 0. The molecule has 4 heterocycles. The number of fused-ring (bicyclic) bond motifs is 1. The lowest BCUT2D eigenvalue weighted by Crippen LogP contribution is -2.57. The summed E-state index contributed by atoms with van der Waals surface area (Å²) in [6.07, 6.45) is 5.59. The third-order valence-electron chi connectivity index (χ3n) is 11.5. The number of carbonyl (C=O) groups excluding carboxylic acids is 1. The van der Waals surface area contributed by atoms with E-state index in [0.29, 0.717) is 38.3 Å². The van der Waals surface area contributed by atoms with Gasteiger partial charge in [-0.2, -0.15) is 10.2 Å². The molecule has 9 rings (SSSR count). The Morgan fingerprint density at radius 1 is 0.607 bits per heavy atom. The fourth-order valence-electron chi connectivity index (χ4n) is 8.86. The molecule has 1 saturated heterocycles. The third kappa shape index (κ3) is 6.46. The molecule has 0 radical (unpaired) electrons. The van der Waals surface area contributed by atoms with Gasteiger partial charge in [-0.15, -0.1) is 0 Å². The lowest BCUT2D eigenvalue weighted by molar-refractivity contribution is -0.132. The molecule has 2 aliphatic rings. The smallest absolute Gasteiger partial charge is 0.271 e. The summed E-state index contributed by atoms with van der Waals surface area (Å²) < 4.78 is 3.42. The van der Waals surface area contributed by atoms with E-state index in [2.05, 4.69) is 95.9 Å². The summed E-state index contributed by atoms with van der Waals surface area (Å²) >= 11 is 0. The molecule has 278 valence electrons. The Morgan fingerprint density at radius 3 is 1.80 bits per heavy atom. The van der Waals surface area contributed by atoms with E-state index in [1.54, 1.807) is 16.8 Å². The van der Waals surface area contributed by atoms with Gasteiger partial charge in [0.2, 0.25) is 5.91 Å². The van der Waals surface area contributed by atoms with Crippen LogP contribution in [0.15, 0.2) is 168 Å². The molecule has 0 atom stereocenters. The number of amides is 1. The number of rotatable bonds is 9. The summed E-state index contributed by atoms with van der Waals surface area (Å²) in [5.41, 5.74) is 8.98. The van der Waals surface area contributed by atoms with Gasteiger partial charge in [0.1, 0.15) is 5.69 Å². The van der Waals surface area contributed by atoms with Gasteiger partial charge in [0.05, 0.1) is 22.3 Å². The first-order chi connectivity index (χ1) is 27.6. The zero-order valence-corrected chi connectivity index (χ0v) is 31.4. The minimum absolute atomic E-state index is 0.0991. The highest BCUT2D eigenvalue weighted by Gasteiger charge is 2.43. The molecule has 56 heavy (non-hydrogen) atoms. The van der Waals surface area contributed by atoms with E-state index < -0.39 is 5.54 Å². The van der Waals surface area contributed by atoms with Crippen molar-refractivity contribution >= 4 is 17.1 Å². The van der Waals surface area contributed by atoms with Gasteiger partial charge in [-0.3, -0.25) is 14.5 Å². The van der Waals surface area contributed by atoms with Crippen LogP contribution in [0.25, 0.3) is 33.7 Å². The summed E-state index contributed by atoms with van der Waals surface area (Å²) in [5.74, 6) is 0.0991. The molecule has 0 unspecified atom stereocenters. The average molecular weight is 737 g/mol. The Bertz CT molecular complexity index is 2460. The number of pyridine rings is 1. The van der Waals surface area contributed by atoms with Crippen molar-refractivity contribution in [3.05, 3.63) is 190 Å². The van der Waals surface area contributed by atoms with E-state index in [1.807, 2.05) is 64.1 Å². The van der Waals surface area contributed by atoms with Crippen LogP contribution in [0, 0.1) is 0 Å². The second-order valence-electron chi connectivity index (χ2n) is 14.7. The van der Waals surface area contributed by atoms with Crippen LogP contribution < -0.4 is 5.56 Å². The van der Waals surface area contributed by atoms with E-state index >= 15 is 0 Å². The fourth-order valence-corrected chi connectivity index (χ4v) is 8.86. The topological polar surface area (TPSA) is 75.7 Å². The van der Waals surface area contributed by atoms with E-state index in [1.165, 1.54) is 16.7 Å². The van der Waals surface area contributed by atoms with Gasteiger partial charge >= 0.3 is 0 Å². The van der Waals surface area contributed by atoms with Crippen LogP contribution in [0.5, 0.6) is 0 Å². The molecule has 0 bridgehead atoms. The summed E-state index contributed by atoms with van der Waals surface area (Å²) in [5, 5.41) is 9.96. The molecular formula is C48H44N6O2. The van der Waals surface area contributed by atoms with Crippen LogP contribution in [0.3, 0.4) is 0 Å². The zero-order chi connectivity index (χ0) is 37.9. The number of hydrogen-bond donors (Lipinski definition) is 0. The highest BCUT2D eigenvalue weighted by Crippen LogP contribution is 2.43. The number of carbonyl (C=O) groups is 1. The van der Waals surface area contributed by atoms with Crippen molar-refractivity contribution in [1.29, 1.82) is 0 Å². The largest absolute Gasteiger partial charge is 0.340 e. The first-order valence-electron chi connectivity index (χ1n) is 19.7. The molecule has 0 N–H and O–H groups in total. The van der Waals surface area contributed by atoms with Gasteiger partial charge in [0, 0.05) is 56.1 Å². The molecule has 4 aromatic carbocycles. The maximum absolute atomic E-state index is 14.3. The van der Waals surface area contributed by atoms with Crippen molar-refractivity contribution in [2.45, 2.75) is 37.6 Å². The highest BCUT2D eigenvalue weighted by atomic mass is 16.2. The summed E-state index contributed by atoms with van der Waals surface area (Å²) in [4.78, 5) is 32.4. The molecule has 0 spiro atoms. The summed E-state index contributed by atoms with van der Waals surface area (Å²) in [6.45, 7) is 2.65. The van der Waals surface area contributed by atoms with Gasteiger partial charge < -0.3 is 4.90 Å². The monoisotopic (exact) mass is 736 g/mol. The molecular weight excluding hydrogens is 693 g/mol. The molecule has 3 aromatic heterocycles. The second-order valence-corrected chi connectivity index (χ2v) is 14.7. The van der Waals surface area contributed by atoms with Crippen LogP contribution in [-0.4, -0.2) is 61.3 Å². The minimum Gasteiger partial charge on any atom is -0.340 e. The molecule has 1 amide bonds. The standard InChI is InChI=1S/C48H44N6O2/c55-44-29-28-41(46-43-27-15-16-30-53(43)50-47(46)36-17-5-1-6-18-36)49-54(44)42-26-14-13-19-37(42)35-45(56)51-31-33-52(34-32-51)48(38-20-7-2-8-21-38,39-22-9-3-10-23-39)40-24-11-4-12-25-40/h1-12,15-18,20-25,27-30H,13-14,19,26,31-35H2. The highest BCUT2D eigenvalue weighted by molar-refractivity contribution is 5.90. The third-order valence-corrected chi connectivity index (χ3v) is 11.5. The van der Waals surface area contributed by atoms with Gasteiger partial charge in [-0.05, 0) is 66.1 Å². The quantitative estimate of drug-likeness (QED) is 0.139. The van der Waals surface area contributed by atoms with Crippen LogP contribution in [0.2, 0.25) is 0 Å². The zero-order valence-electron chi connectivity index (χ0n) is 31.4. The van der Waals surface area contributed by atoms with Crippen molar-refractivity contribution in [1.82, 2.24) is 29.2 Å². The molecule has 8 heteroatoms. The van der Waals surface area contributed by atoms with Gasteiger partial charge in [0.15, 0.2) is 0 Å². The van der Waals surface area contributed by atoms with E-state index in [4.69, 9.17) is 10.2 Å². The van der Waals surface area contributed by atoms with E-state index in [0.717, 1.165) is 52.9 Å². The number of hydrogen-bond acceptors (Lipinski definition) is 5. The minimum atomic E-state index is -0.517. The maximum atomic E-state index is 14.3. The molecule has 1 fully saturated rings. The summed E-state index contributed by atoms with van der Waals surface area (Å²) in [6, 6.07) is 51.6. The van der Waals surface area contributed by atoms with Crippen LogP contribution in [-0.2, 0) is 10.3 Å². The number of piperazine rings is 1. The van der Waals surface area contributed by atoms with Crippen LogP contribution in [0.4, 0.5) is 0 Å². The van der Waals surface area contributed by atoms with Crippen molar-refractivity contribution in [2.75, 3.05) is 26.2 Å². The number of allylic oxidation sites excluding steroid dienone is 1. The van der Waals surface area contributed by atoms with Gasteiger partial charge in [-0.1, -0.05) is 127 Å². The van der Waals surface area contributed by atoms with Gasteiger partial charge in [-0.25, -0.2) is 9.20 Å². The predicted molar refractivity (Wildman–Crippen MR) is 222 cm³/mol. The molecule has 8 nitrogen and oxygen atoms in total. The lowest BCUT2D eigenvalue weighted by Gasteiger charge is -2.49. The lowest BCUT2D eigenvalue weighted by atomic mass is 9.75. The van der Waals surface area contributed by atoms with Crippen LogP contribution in [0.1, 0.15) is 48.8 Å². The fraction of sp³-hybridized carbons (Fsp3) is 0.208. The normalized spacial score (nSPS) is 15.3. The first kappa shape index (κ1) is 35.3. The molecule has 1 aliphatic carbocycles. The van der Waals surface area contributed by atoms with Gasteiger partial charge in [0.25, 0.3) is 5.56 Å². The van der Waals surface area contributed by atoms with Crippen molar-refractivity contribution in [2.24, 2.45) is 0 Å². The Morgan fingerprint density at radius 2 is 1.18 bits per heavy atom. The predicted octanol–water partition coefficient (Wildman–Crippen LogP) is 8.54. The van der Waals surface area contributed by atoms with E-state index in [-0.39, 0.29) is 17.9 Å². The SMILES string of the molecule is O=C(CC1=C(n2nc(-c3c(-c4ccccc4)nn4ccccc34)ccc2=O)CCCC1)N1CCN(C(c2ccccc2)(c2ccccc2)c2ccccc2)CC1. The second kappa shape index (κ2) is 15.4. The molecule has 7 aromatic rings. The van der Waals surface area contributed by atoms with E-state index in [9.17, 15) is 9.59 Å². The Labute approximate surface area is 327 Å². The van der Waals surface area contributed by atoms with Crippen molar-refractivity contribution in [3.8, 4) is 22.5 Å². The number of nitrogens with zero attached hydrogens (tertiary/aromatic N) is 6. The Hall–Kier alpha value is -6.38. The van der Waals surface area contributed by atoms with Crippen molar-refractivity contribution < 1.29 is 4.79 Å². The molecule has 1 aliphatic heterocycles. The maximum Gasteiger partial charge on any atom is 0.271 e. The Kier molecular flexibility index (Phi) is 9.71. The number of aromatic nitrogens is 4. The average Bonchev–Trinajstić information content (AvgIpc) is 3.66. The molecule has 0 saturated carbocycles. The Balaban J connectivity index is 1.02. The van der Waals surface area contributed by atoms with Crippen molar-refractivity contribution in [3.63, 3.8) is 0 Å².